The van der Waals surface area contributed by atoms with Gasteiger partial charge in [-0.05, 0) is 34.6 Å². The highest BCUT2D eigenvalue weighted by molar-refractivity contribution is 7.21. The van der Waals surface area contributed by atoms with Crippen molar-refractivity contribution in [3.8, 4) is 0 Å². The molecule has 0 bridgehead atoms. The Morgan fingerprint density at radius 2 is 1.43 bits per heavy atom. The lowest BCUT2D eigenvalue weighted by atomic mass is 9.98. The molecule has 140 valence electrons. The van der Waals surface area contributed by atoms with Gasteiger partial charge in [0.25, 0.3) is 5.91 Å². The van der Waals surface area contributed by atoms with Crippen molar-refractivity contribution in [2.24, 2.45) is 0 Å². The van der Waals surface area contributed by atoms with Crippen LogP contribution >= 0.6 is 11.3 Å². The van der Waals surface area contributed by atoms with Crippen LogP contribution in [0.15, 0.2) is 84.9 Å². The zero-order valence-corrected chi connectivity index (χ0v) is 16.7. The van der Waals surface area contributed by atoms with Crippen LogP contribution in [0.1, 0.15) is 45.7 Å². The molecule has 0 saturated carbocycles. The quantitative estimate of drug-likeness (QED) is 0.410. The van der Waals surface area contributed by atoms with Gasteiger partial charge in [0, 0.05) is 4.70 Å². The third-order valence-electron chi connectivity index (χ3n) is 4.95. The first kappa shape index (κ1) is 18.5. The van der Waals surface area contributed by atoms with E-state index < -0.39 is 0 Å². The second-order valence-electron chi connectivity index (χ2n) is 6.88. The standard InChI is InChI=1S/C25H23NOS/c1-2-11-21-20-16-9-10-17-22(20)28-24(21)25(27)26-23(18-12-5-3-6-13-18)19-14-7-4-8-15-19/h3-10,12-17,23H,2,11H2,1H3,(H,26,27). The van der Waals surface area contributed by atoms with Gasteiger partial charge in [-0.1, -0.05) is 92.2 Å². The maximum atomic E-state index is 13.4. The first-order chi connectivity index (χ1) is 13.8. The minimum atomic E-state index is -0.172. The van der Waals surface area contributed by atoms with E-state index in [9.17, 15) is 4.79 Å². The van der Waals surface area contributed by atoms with Crippen molar-refractivity contribution in [2.45, 2.75) is 25.8 Å². The number of thiophene rings is 1. The zero-order chi connectivity index (χ0) is 19.3. The Hall–Kier alpha value is -2.91. The highest BCUT2D eigenvalue weighted by atomic mass is 32.1. The first-order valence-electron chi connectivity index (χ1n) is 9.69. The van der Waals surface area contributed by atoms with Crippen molar-refractivity contribution >= 4 is 27.3 Å². The number of benzene rings is 3. The maximum absolute atomic E-state index is 13.4. The molecule has 1 amide bonds. The SMILES string of the molecule is CCCc1c(C(=O)NC(c2ccccc2)c2ccccc2)sc2ccccc12. The third-order valence-corrected chi connectivity index (χ3v) is 6.16. The number of fused-ring (bicyclic) bond motifs is 1. The van der Waals surface area contributed by atoms with Gasteiger partial charge in [-0.25, -0.2) is 0 Å². The highest BCUT2D eigenvalue weighted by Crippen LogP contribution is 2.33. The summed E-state index contributed by atoms with van der Waals surface area (Å²) in [5.41, 5.74) is 3.33. The van der Waals surface area contributed by atoms with E-state index in [0.29, 0.717) is 0 Å². The molecule has 0 spiro atoms. The van der Waals surface area contributed by atoms with Gasteiger partial charge in [-0.3, -0.25) is 4.79 Å². The van der Waals surface area contributed by atoms with E-state index in [4.69, 9.17) is 0 Å². The van der Waals surface area contributed by atoms with E-state index in [2.05, 4.69) is 48.6 Å². The summed E-state index contributed by atoms with van der Waals surface area (Å²) in [6, 6.07) is 28.4. The molecule has 1 N–H and O–H groups in total. The number of rotatable bonds is 6. The van der Waals surface area contributed by atoms with E-state index in [1.807, 2.05) is 48.5 Å². The number of amides is 1. The summed E-state index contributed by atoms with van der Waals surface area (Å²) in [5, 5.41) is 4.50. The normalized spacial score (nSPS) is 11.1. The van der Waals surface area contributed by atoms with Crippen LogP contribution in [-0.2, 0) is 6.42 Å². The van der Waals surface area contributed by atoms with Crippen LogP contribution in [-0.4, -0.2) is 5.91 Å². The second kappa shape index (κ2) is 8.41. The van der Waals surface area contributed by atoms with Crippen LogP contribution < -0.4 is 5.32 Å². The molecule has 2 nitrogen and oxygen atoms in total. The number of aryl methyl sites for hydroxylation is 1. The number of carbonyl (C=O) groups is 1. The molecule has 0 aliphatic carbocycles. The molecule has 3 heteroatoms. The second-order valence-corrected chi connectivity index (χ2v) is 7.94. The van der Waals surface area contributed by atoms with Crippen molar-refractivity contribution in [3.63, 3.8) is 0 Å². The molecule has 4 rings (SSSR count). The fourth-order valence-electron chi connectivity index (χ4n) is 3.63. The molecule has 0 fully saturated rings. The monoisotopic (exact) mass is 385 g/mol. The topological polar surface area (TPSA) is 29.1 Å². The van der Waals surface area contributed by atoms with Gasteiger partial charge in [-0.15, -0.1) is 11.3 Å². The summed E-state index contributed by atoms with van der Waals surface area (Å²) in [6.07, 6.45) is 1.93. The van der Waals surface area contributed by atoms with Crippen LogP contribution in [0.25, 0.3) is 10.1 Å². The van der Waals surface area contributed by atoms with E-state index in [-0.39, 0.29) is 11.9 Å². The number of nitrogens with one attached hydrogen (secondary N) is 1. The van der Waals surface area contributed by atoms with Crippen LogP contribution in [0.3, 0.4) is 0 Å². The molecule has 3 aromatic carbocycles. The molecule has 0 saturated heterocycles. The number of hydrogen-bond acceptors (Lipinski definition) is 2. The van der Waals surface area contributed by atoms with Crippen molar-refractivity contribution in [2.75, 3.05) is 0 Å². The Balaban J connectivity index is 1.73. The average molecular weight is 386 g/mol. The van der Waals surface area contributed by atoms with Crippen molar-refractivity contribution in [3.05, 3.63) is 106 Å². The van der Waals surface area contributed by atoms with Crippen LogP contribution in [0.5, 0.6) is 0 Å². The predicted octanol–water partition coefficient (Wildman–Crippen LogP) is 6.37. The molecule has 0 aliphatic rings. The van der Waals surface area contributed by atoms with Gasteiger partial charge in [0.05, 0.1) is 10.9 Å². The molecule has 0 unspecified atom stereocenters. The Bertz CT molecular complexity index is 1030. The van der Waals surface area contributed by atoms with E-state index in [0.717, 1.165) is 28.8 Å². The predicted molar refractivity (Wildman–Crippen MR) is 118 cm³/mol. The lowest BCUT2D eigenvalue weighted by molar-refractivity contribution is 0.0946. The summed E-state index contributed by atoms with van der Waals surface area (Å²) >= 11 is 1.59. The van der Waals surface area contributed by atoms with Crippen LogP contribution in [0.4, 0.5) is 0 Å². The van der Waals surface area contributed by atoms with E-state index >= 15 is 0 Å². The first-order valence-corrected chi connectivity index (χ1v) is 10.5. The maximum Gasteiger partial charge on any atom is 0.262 e. The minimum Gasteiger partial charge on any atom is -0.340 e. The van der Waals surface area contributed by atoms with Crippen molar-refractivity contribution in [1.29, 1.82) is 0 Å². The Morgan fingerprint density at radius 3 is 2.04 bits per heavy atom. The Morgan fingerprint density at radius 1 is 0.857 bits per heavy atom. The average Bonchev–Trinajstić information content (AvgIpc) is 3.12. The summed E-state index contributed by atoms with van der Waals surface area (Å²) in [7, 11) is 0. The van der Waals surface area contributed by atoms with Gasteiger partial charge in [0.15, 0.2) is 0 Å². The molecular weight excluding hydrogens is 362 g/mol. The summed E-state index contributed by atoms with van der Waals surface area (Å²) < 4.78 is 1.17. The number of hydrogen-bond donors (Lipinski definition) is 1. The smallest absolute Gasteiger partial charge is 0.262 e. The molecule has 28 heavy (non-hydrogen) atoms. The zero-order valence-electron chi connectivity index (χ0n) is 15.9. The number of carbonyl (C=O) groups excluding carboxylic acids is 1. The van der Waals surface area contributed by atoms with E-state index in [1.165, 1.54) is 15.6 Å². The van der Waals surface area contributed by atoms with Crippen LogP contribution in [0, 0.1) is 0 Å². The van der Waals surface area contributed by atoms with Gasteiger partial charge in [0.1, 0.15) is 0 Å². The van der Waals surface area contributed by atoms with Crippen molar-refractivity contribution in [1.82, 2.24) is 5.32 Å². The molecule has 1 heterocycles. The van der Waals surface area contributed by atoms with Crippen molar-refractivity contribution < 1.29 is 4.79 Å². The minimum absolute atomic E-state index is 0.00218. The summed E-state index contributed by atoms with van der Waals surface area (Å²) in [5.74, 6) is 0.00218. The van der Waals surface area contributed by atoms with Gasteiger partial charge >= 0.3 is 0 Å². The Labute approximate surface area is 169 Å². The lowest BCUT2D eigenvalue weighted by Crippen LogP contribution is -2.29. The lowest BCUT2D eigenvalue weighted by Gasteiger charge is -2.20. The molecule has 1 aromatic heterocycles. The molecule has 0 atom stereocenters. The fraction of sp³-hybridized carbons (Fsp3) is 0.160. The van der Waals surface area contributed by atoms with Gasteiger partial charge in [0.2, 0.25) is 0 Å². The summed E-state index contributed by atoms with van der Waals surface area (Å²) in [4.78, 5) is 14.2. The molecule has 0 radical (unpaired) electrons. The van der Waals surface area contributed by atoms with Crippen LogP contribution in [0.2, 0.25) is 0 Å². The molecule has 4 aromatic rings. The summed E-state index contributed by atoms with van der Waals surface area (Å²) in [6.45, 7) is 2.16. The fourth-order valence-corrected chi connectivity index (χ4v) is 4.78. The largest absolute Gasteiger partial charge is 0.340 e. The highest BCUT2D eigenvalue weighted by Gasteiger charge is 2.22. The van der Waals surface area contributed by atoms with Gasteiger partial charge in [-0.2, -0.15) is 0 Å². The molecule has 0 aliphatic heterocycles. The molecular formula is C25H23NOS. The van der Waals surface area contributed by atoms with E-state index in [1.54, 1.807) is 11.3 Å². The Kier molecular flexibility index (Phi) is 5.54. The van der Waals surface area contributed by atoms with Gasteiger partial charge < -0.3 is 5.32 Å². The third kappa shape index (κ3) is 3.71.